The van der Waals surface area contributed by atoms with Gasteiger partial charge in [-0.25, -0.2) is 0 Å². The number of hydrogen-bond acceptors (Lipinski definition) is 7. The summed E-state index contributed by atoms with van der Waals surface area (Å²) in [6.07, 6.45) is 0. The van der Waals surface area contributed by atoms with Crippen LogP contribution >= 0.6 is 23.2 Å². The van der Waals surface area contributed by atoms with Gasteiger partial charge in [0.15, 0.2) is 0 Å². The third-order valence-electron chi connectivity index (χ3n) is 5.43. The van der Waals surface area contributed by atoms with E-state index in [9.17, 15) is 22.9 Å². The summed E-state index contributed by atoms with van der Waals surface area (Å²) in [6, 6.07) is 15.2. The number of aryl methyl sites for hydroxylation is 1. The van der Waals surface area contributed by atoms with E-state index in [-0.39, 0.29) is 57.2 Å². The number of hydrogen-bond donors (Lipinski definition) is 2. The van der Waals surface area contributed by atoms with Crippen LogP contribution in [-0.2, 0) is 10.1 Å². The molecule has 4 aromatic rings. The molecule has 0 atom stereocenters. The fourth-order valence-electron chi connectivity index (χ4n) is 3.58. The predicted octanol–water partition coefficient (Wildman–Crippen LogP) is 3.46. The maximum Gasteiger partial charge on any atom is 1.00 e. The zero-order valence-electron chi connectivity index (χ0n) is 20.3. The number of ether oxygens (including phenoxy) is 1. The Hall–Kier alpha value is -2.70. The number of azo groups is 1. The van der Waals surface area contributed by atoms with Crippen molar-refractivity contribution in [2.45, 2.75) is 11.8 Å². The number of anilines is 1. The Morgan fingerprint density at radius 2 is 1.71 bits per heavy atom. The van der Waals surface area contributed by atoms with Gasteiger partial charge in [-0.15, -0.1) is 5.11 Å². The van der Waals surface area contributed by atoms with Crippen LogP contribution in [0.15, 0.2) is 75.8 Å². The normalized spacial score (nSPS) is 11.4. The van der Waals surface area contributed by atoms with Crippen LogP contribution < -0.4 is 44.7 Å². The van der Waals surface area contributed by atoms with Crippen molar-refractivity contribution in [1.29, 1.82) is 0 Å². The van der Waals surface area contributed by atoms with Crippen LogP contribution in [0.4, 0.5) is 17.1 Å². The van der Waals surface area contributed by atoms with E-state index in [1.807, 2.05) is 0 Å². The van der Waals surface area contributed by atoms with Crippen molar-refractivity contribution >= 4 is 67.1 Å². The standard InChI is InChI=1S/C25H19Cl2N3O6S.Na/c1-13-7-10-20(37(33,34)35)23(21(13)27)30-29-22-16-6-4-3-5-14(16)11-17(24(22)31)25(32)28-18-9-8-15(26)12-19(18)36-2;/h3-12,31H,1-2H3,(H,28,32)(H,33,34,35);/q;+1/p-1. The van der Waals surface area contributed by atoms with Crippen molar-refractivity contribution < 1.29 is 57.2 Å². The van der Waals surface area contributed by atoms with Gasteiger partial charge in [0.2, 0.25) is 0 Å². The van der Waals surface area contributed by atoms with Gasteiger partial charge in [-0.05, 0) is 42.1 Å². The number of rotatable bonds is 6. The number of benzene rings is 4. The molecule has 0 spiro atoms. The van der Waals surface area contributed by atoms with E-state index in [0.29, 0.717) is 27.1 Å². The Balaban J connectivity index is 0.00000400. The third kappa shape index (κ3) is 6.13. The molecule has 13 heteroatoms. The summed E-state index contributed by atoms with van der Waals surface area (Å²) in [5, 5.41) is 25.2. The number of nitrogens with one attached hydrogen (secondary N) is 1. The minimum atomic E-state index is -4.70. The smallest absolute Gasteiger partial charge is 0.870 e. The number of nitrogens with zero attached hydrogens (tertiary/aromatic N) is 2. The van der Waals surface area contributed by atoms with E-state index in [2.05, 4.69) is 15.5 Å². The maximum atomic E-state index is 13.4. The largest absolute Gasteiger partial charge is 1.00 e. The molecule has 0 bridgehead atoms. The van der Waals surface area contributed by atoms with E-state index in [0.717, 1.165) is 6.07 Å². The number of methoxy groups -OCH3 is 1. The molecule has 4 aromatic carbocycles. The van der Waals surface area contributed by atoms with E-state index in [1.165, 1.54) is 31.4 Å². The molecule has 0 saturated carbocycles. The van der Waals surface area contributed by atoms with E-state index in [4.69, 9.17) is 27.9 Å². The zero-order chi connectivity index (χ0) is 26.9. The van der Waals surface area contributed by atoms with Crippen LogP contribution in [0.1, 0.15) is 15.9 Å². The molecule has 4 rings (SSSR count). The molecule has 0 aliphatic carbocycles. The average molecular weight is 582 g/mol. The molecule has 0 aliphatic heterocycles. The van der Waals surface area contributed by atoms with Crippen molar-refractivity contribution in [3.8, 4) is 11.5 Å². The van der Waals surface area contributed by atoms with Crippen LogP contribution in [0.25, 0.3) is 10.8 Å². The van der Waals surface area contributed by atoms with E-state index in [1.54, 1.807) is 37.3 Å². The van der Waals surface area contributed by atoms with Gasteiger partial charge in [-0.1, -0.05) is 59.3 Å². The minimum absolute atomic E-state index is 0. The van der Waals surface area contributed by atoms with Crippen LogP contribution in [-0.4, -0.2) is 26.0 Å². The van der Waals surface area contributed by atoms with Gasteiger partial charge in [0.1, 0.15) is 16.3 Å². The summed E-state index contributed by atoms with van der Waals surface area (Å²) in [6.45, 7) is 1.61. The van der Waals surface area contributed by atoms with Crippen molar-refractivity contribution in [3.63, 3.8) is 0 Å². The molecule has 0 saturated heterocycles. The van der Waals surface area contributed by atoms with Crippen LogP contribution in [0.3, 0.4) is 0 Å². The molecule has 38 heavy (non-hydrogen) atoms. The van der Waals surface area contributed by atoms with Gasteiger partial charge in [0, 0.05) is 22.0 Å². The second-order valence-corrected chi connectivity index (χ2v) is 10.0. The van der Waals surface area contributed by atoms with Gasteiger partial charge in [-0.3, -0.25) is 9.35 Å². The van der Waals surface area contributed by atoms with Gasteiger partial charge >= 0.3 is 29.6 Å². The summed E-state index contributed by atoms with van der Waals surface area (Å²) in [5.41, 5.74) is -0.0363. The zero-order valence-corrected chi connectivity index (χ0v) is 24.6. The monoisotopic (exact) mass is 581 g/mol. The molecule has 0 aromatic heterocycles. The molecular formula is C25H18Cl2N3NaO6S. The summed E-state index contributed by atoms with van der Waals surface area (Å²) in [7, 11) is -3.29. The first-order chi connectivity index (χ1) is 17.5. The van der Waals surface area contributed by atoms with Crippen molar-refractivity contribution in [3.05, 3.63) is 81.8 Å². The topological polar surface area (TPSA) is 140 Å². The van der Waals surface area contributed by atoms with E-state index >= 15 is 0 Å². The SMILES string of the molecule is COc1cc(Cl)ccc1NC(=O)c1cc2ccccc2c(N=Nc2c(S(=O)(=O)O)ccc(C)c2Cl)c1[O-].[Na+]. The third-order valence-corrected chi connectivity index (χ3v) is 7.03. The molecule has 190 valence electrons. The van der Waals surface area contributed by atoms with Gasteiger partial charge in [0.25, 0.3) is 16.0 Å². The molecule has 0 radical (unpaired) electrons. The second-order valence-electron chi connectivity index (χ2n) is 7.84. The second kappa shape index (κ2) is 12.0. The fraction of sp³-hybridized carbons (Fsp3) is 0.0800. The first-order valence-corrected chi connectivity index (χ1v) is 12.8. The Morgan fingerprint density at radius 1 is 1.03 bits per heavy atom. The molecule has 1 amide bonds. The Bertz CT molecular complexity index is 1700. The van der Waals surface area contributed by atoms with Crippen LogP contribution in [0.2, 0.25) is 10.0 Å². The average Bonchev–Trinajstić information content (AvgIpc) is 2.85. The number of carbonyl (C=O) groups excluding carboxylic acids is 1. The Morgan fingerprint density at radius 3 is 2.39 bits per heavy atom. The number of carbonyl (C=O) groups is 1. The quantitative estimate of drug-likeness (QED) is 0.203. The number of fused-ring (bicyclic) bond motifs is 1. The van der Waals surface area contributed by atoms with Crippen LogP contribution in [0, 0.1) is 6.92 Å². The van der Waals surface area contributed by atoms with Crippen molar-refractivity contribution in [1.82, 2.24) is 0 Å². The molecular weight excluding hydrogens is 564 g/mol. The summed E-state index contributed by atoms with van der Waals surface area (Å²) < 4.78 is 38.6. The Kier molecular flexibility index (Phi) is 9.43. The summed E-state index contributed by atoms with van der Waals surface area (Å²) in [4.78, 5) is 12.6. The van der Waals surface area contributed by atoms with Crippen molar-refractivity contribution in [2.24, 2.45) is 10.2 Å². The minimum Gasteiger partial charge on any atom is -0.870 e. The molecule has 0 heterocycles. The number of amides is 1. The molecule has 0 aliphatic rings. The molecule has 9 nitrogen and oxygen atoms in total. The summed E-state index contributed by atoms with van der Waals surface area (Å²) >= 11 is 12.2. The maximum absolute atomic E-state index is 13.4. The first kappa shape index (κ1) is 29.9. The Labute approximate surface area is 250 Å². The first-order valence-electron chi connectivity index (χ1n) is 10.6. The van der Waals surface area contributed by atoms with E-state index < -0.39 is 26.7 Å². The van der Waals surface area contributed by atoms with Gasteiger partial charge < -0.3 is 15.2 Å². The number of halogens is 2. The van der Waals surface area contributed by atoms with Crippen LogP contribution in [0.5, 0.6) is 11.5 Å². The molecule has 0 unspecified atom stereocenters. The fourth-order valence-corrected chi connectivity index (χ4v) is 4.63. The predicted molar refractivity (Wildman–Crippen MR) is 140 cm³/mol. The molecule has 2 N–H and O–H groups in total. The molecule has 0 fully saturated rings. The van der Waals surface area contributed by atoms with Gasteiger partial charge in [-0.2, -0.15) is 13.5 Å². The van der Waals surface area contributed by atoms with Crippen molar-refractivity contribution in [2.75, 3.05) is 12.4 Å². The van der Waals surface area contributed by atoms with Gasteiger partial charge in [0.05, 0.1) is 23.5 Å². The summed E-state index contributed by atoms with van der Waals surface area (Å²) in [5.74, 6) is -1.20.